The number of carbonyl (C=O) groups is 1. The van der Waals surface area contributed by atoms with E-state index < -0.39 is 12.5 Å². The van der Waals surface area contributed by atoms with Gasteiger partial charge in [-0.2, -0.15) is 13.8 Å². The smallest absolute Gasteiger partial charge is 0.387 e. The maximum absolute atomic E-state index is 12.1. The Morgan fingerprint density at radius 1 is 1.07 bits per heavy atom. The van der Waals surface area contributed by atoms with Crippen LogP contribution < -0.4 is 15.2 Å². The Kier molecular flexibility index (Phi) is 5.95. The average molecular weight is 387 g/mol. The molecule has 2 aromatic carbocycles. The molecule has 9 heteroatoms. The van der Waals surface area contributed by atoms with Gasteiger partial charge in [0.25, 0.3) is 11.8 Å². The number of nitrogens with two attached hydrogens (primary N) is 1. The van der Waals surface area contributed by atoms with E-state index >= 15 is 0 Å². The van der Waals surface area contributed by atoms with Crippen LogP contribution in [0.3, 0.4) is 0 Å². The molecule has 1 heterocycles. The summed E-state index contributed by atoms with van der Waals surface area (Å²) >= 11 is 0. The minimum Gasteiger partial charge on any atom is -0.484 e. The fraction of sp³-hybridized carbons (Fsp3) is 0.105. The number of nitrogens with zero attached hydrogens (tertiary/aromatic N) is 2. The van der Waals surface area contributed by atoms with Gasteiger partial charge >= 0.3 is 6.61 Å². The number of primary amides is 1. The van der Waals surface area contributed by atoms with Gasteiger partial charge in [0.1, 0.15) is 11.5 Å². The van der Waals surface area contributed by atoms with Crippen LogP contribution in [0.1, 0.15) is 11.5 Å². The van der Waals surface area contributed by atoms with Crippen molar-refractivity contribution in [2.24, 2.45) is 5.73 Å². The summed E-state index contributed by atoms with van der Waals surface area (Å²) in [4.78, 5) is 15.0. The lowest BCUT2D eigenvalue weighted by molar-refractivity contribution is -0.119. The molecule has 7 nitrogen and oxygen atoms in total. The van der Waals surface area contributed by atoms with Crippen molar-refractivity contribution < 1.29 is 27.6 Å². The van der Waals surface area contributed by atoms with Crippen LogP contribution in [0.5, 0.6) is 11.5 Å². The largest absolute Gasteiger partial charge is 0.484 e. The number of benzene rings is 2. The van der Waals surface area contributed by atoms with Gasteiger partial charge in [-0.25, -0.2) is 0 Å². The third kappa shape index (κ3) is 5.37. The first-order chi connectivity index (χ1) is 13.5. The number of amides is 1. The highest BCUT2D eigenvalue weighted by Crippen LogP contribution is 2.21. The lowest BCUT2D eigenvalue weighted by Gasteiger charge is -2.03. The number of hydrogen-bond donors (Lipinski definition) is 1. The zero-order chi connectivity index (χ0) is 19.9. The monoisotopic (exact) mass is 387 g/mol. The molecule has 0 radical (unpaired) electrons. The predicted molar refractivity (Wildman–Crippen MR) is 96.4 cm³/mol. The molecular weight excluding hydrogens is 372 g/mol. The van der Waals surface area contributed by atoms with Crippen LogP contribution in [0.25, 0.3) is 23.5 Å². The summed E-state index contributed by atoms with van der Waals surface area (Å²) in [6.07, 6.45) is 3.30. The Balaban J connectivity index is 1.63. The number of carbonyl (C=O) groups excluding carboxylic acids is 1. The van der Waals surface area contributed by atoms with E-state index in [-0.39, 0.29) is 18.2 Å². The quantitative estimate of drug-likeness (QED) is 0.636. The molecule has 0 saturated carbocycles. The molecule has 0 fully saturated rings. The third-order valence-electron chi connectivity index (χ3n) is 3.46. The van der Waals surface area contributed by atoms with E-state index in [2.05, 4.69) is 14.9 Å². The minimum absolute atomic E-state index is 0.0791. The zero-order valence-electron chi connectivity index (χ0n) is 14.4. The molecule has 144 valence electrons. The molecule has 0 aliphatic carbocycles. The molecule has 1 aromatic heterocycles. The molecule has 0 aliphatic heterocycles. The third-order valence-corrected chi connectivity index (χ3v) is 3.46. The van der Waals surface area contributed by atoms with Crippen LogP contribution in [0.2, 0.25) is 0 Å². The van der Waals surface area contributed by atoms with Crippen LogP contribution in [-0.4, -0.2) is 29.3 Å². The van der Waals surface area contributed by atoms with Crippen molar-refractivity contribution in [3.05, 3.63) is 60.0 Å². The lowest BCUT2D eigenvalue weighted by Crippen LogP contribution is -2.19. The van der Waals surface area contributed by atoms with Crippen molar-refractivity contribution in [1.82, 2.24) is 10.1 Å². The van der Waals surface area contributed by atoms with Crippen LogP contribution in [0.15, 0.2) is 53.1 Å². The van der Waals surface area contributed by atoms with Gasteiger partial charge < -0.3 is 19.7 Å². The van der Waals surface area contributed by atoms with Crippen LogP contribution in [-0.2, 0) is 4.79 Å². The fourth-order valence-electron chi connectivity index (χ4n) is 2.20. The summed E-state index contributed by atoms with van der Waals surface area (Å²) in [5, 5.41) is 3.89. The Morgan fingerprint density at radius 2 is 1.75 bits per heavy atom. The van der Waals surface area contributed by atoms with Crippen LogP contribution in [0, 0.1) is 0 Å². The van der Waals surface area contributed by atoms with Crippen LogP contribution in [0.4, 0.5) is 8.78 Å². The molecule has 3 aromatic rings. The minimum atomic E-state index is -2.86. The summed E-state index contributed by atoms with van der Waals surface area (Å²) < 4.78 is 38.9. The van der Waals surface area contributed by atoms with E-state index in [1.54, 1.807) is 48.6 Å². The first kappa shape index (κ1) is 19.0. The fourth-order valence-corrected chi connectivity index (χ4v) is 2.20. The lowest BCUT2D eigenvalue weighted by atomic mass is 10.2. The molecule has 1 amide bonds. The number of ether oxygens (including phenoxy) is 2. The van der Waals surface area contributed by atoms with E-state index in [4.69, 9.17) is 15.0 Å². The first-order valence-corrected chi connectivity index (χ1v) is 8.08. The summed E-state index contributed by atoms with van der Waals surface area (Å²) in [6.45, 7) is -3.06. The van der Waals surface area contributed by atoms with Gasteiger partial charge in [-0.05, 0) is 48.0 Å². The van der Waals surface area contributed by atoms with E-state index in [1.165, 1.54) is 12.1 Å². The van der Waals surface area contributed by atoms with Gasteiger partial charge in [0.2, 0.25) is 5.82 Å². The second-order valence-electron chi connectivity index (χ2n) is 5.52. The molecule has 0 spiro atoms. The number of rotatable bonds is 8. The van der Waals surface area contributed by atoms with E-state index in [9.17, 15) is 13.6 Å². The Morgan fingerprint density at radius 3 is 2.39 bits per heavy atom. The van der Waals surface area contributed by atoms with Crippen molar-refractivity contribution >= 4 is 18.1 Å². The molecule has 0 unspecified atom stereocenters. The molecule has 3 rings (SSSR count). The molecule has 0 aliphatic rings. The van der Waals surface area contributed by atoms with Crippen molar-refractivity contribution in [2.45, 2.75) is 6.61 Å². The van der Waals surface area contributed by atoms with Crippen molar-refractivity contribution in [3.63, 3.8) is 0 Å². The molecule has 2 N–H and O–H groups in total. The van der Waals surface area contributed by atoms with Gasteiger partial charge in [-0.3, -0.25) is 4.79 Å². The van der Waals surface area contributed by atoms with Crippen molar-refractivity contribution in [2.75, 3.05) is 6.61 Å². The second-order valence-corrected chi connectivity index (χ2v) is 5.52. The summed E-state index contributed by atoms with van der Waals surface area (Å²) in [5.41, 5.74) is 6.47. The molecule has 0 bridgehead atoms. The van der Waals surface area contributed by atoms with Crippen molar-refractivity contribution in [3.8, 4) is 22.9 Å². The number of alkyl halides is 2. The molecule has 0 atom stereocenters. The molecule has 0 saturated heterocycles. The number of hydrogen-bond acceptors (Lipinski definition) is 6. The maximum atomic E-state index is 12.1. The van der Waals surface area contributed by atoms with Crippen molar-refractivity contribution in [1.29, 1.82) is 0 Å². The molecule has 28 heavy (non-hydrogen) atoms. The summed E-state index contributed by atoms with van der Waals surface area (Å²) in [5.74, 6) is 0.662. The second kappa shape index (κ2) is 8.76. The molecular formula is C19H15F2N3O4. The highest BCUT2D eigenvalue weighted by Gasteiger charge is 2.07. The summed E-state index contributed by atoms with van der Waals surface area (Å²) in [7, 11) is 0. The topological polar surface area (TPSA) is 100 Å². The zero-order valence-corrected chi connectivity index (χ0v) is 14.4. The van der Waals surface area contributed by atoms with Gasteiger partial charge in [0.15, 0.2) is 6.61 Å². The van der Waals surface area contributed by atoms with Gasteiger partial charge in [0.05, 0.1) is 0 Å². The van der Waals surface area contributed by atoms with Gasteiger partial charge in [-0.1, -0.05) is 17.3 Å². The Labute approximate surface area is 158 Å². The van der Waals surface area contributed by atoms with E-state index in [0.29, 0.717) is 17.1 Å². The highest BCUT2D eigenvalue weighted by atomic mass is 19.3. The standard InChI is InChI=1S/C19H15F2N3O4/c20-19(21)27-15-6-1-12(2-7-15)3-10-17-23-18(24-28-17)13-4-8-14(9-5-13)26-11-16(22)25/h1-10,19H,11H2,(H2,22,25)/b10-3-. The first-order valence-electron chi connectivity index (χ1n) is 8.08. The van der Waals surface area contributed by atoms with Gasteiger partial charge in [0, 0.05) is 11.6 Å². The van der Waals surface area contributed by atoms with E-state index in [1.807, 2.05) is 0 Å². The average Bonchev–Trinajstić information content (AvgIpc) is 3.15. The van der Waals surface area contributed by atoms with E-state index in [0.717, 1.165) is 5.56 Å². The summed E-state index contributed by atoms with van der Waals surface area (Å²) in [6, 6.07) is 12.9. The SMILES string of the molecule is NC(=O)COc1ccc(-c2noc(/C=C\c3ccc(OC(F)F)cc3)n2)cc1. The predicted octanol–water partition coefficient (Wildman–Crippen LogP) is 3.37. The maximum Gasteiger partial charge on any atom is 0.387 e. The number of aromatic nitrogens is 2. The van der Waals surface area contributed by atoms with Crippen LogP contribution >= 0.6 is 0 Å². The Hall–Kier alpha value is -3.75. The highest BCUT2D eigenvalue weighted by molar-refractivity contribution is 5.75. The number of halogens is 2. The Bertz CT molecular complexity index is 954. The normalized spacial score (nSPS) is 11.1. The van der Waals surface area contributed by atoms with Gasteiger partial charge in [-0.15, -0.1) is 0 Å².